The van der Waals surface area contributed by atoms with Crippen molar-refractivity contribution in [1.29, 1.82) is 0 Å². The SMILES string of the molecule is CN(C(=O)c1ccc(OC2CCCC2)cc1)C(c1ccccc1)c1ccccn1. The minimum atomic E-state index is -0.251. The molecule has 0 bridgehead atoms. The molecule has 1 aliphatic carbocycles. The highest BCUT2D eigenvalue weighted by molar-refractivity contribution is 5.94. The maximum Gasteiger partial charge on any atom is 0.254 e. The van der Waals surface area contributed by atoms with Gasteiger partial charge in [0.2, 0.25) is 0 Å². The quantitative estimate of drug-likeness (QED) is 0.580. The molecule has 1 amide bonds. The standard InChI is InChI=1S/C25H26N2O2/c1-27(24(19-9-3-2-4-10-19)23-13-7-8-18-26-23)25(28)20-14-16-22(17-15-20)29-21-11-5-6-12-21/h2-4,7-10,13-18,21,24H,5-6,11-12H2,1H3. The van der Waals surface area contributed by atoms with Gasteiger partial charge in [0, 0.05) is 18.8 Å². The van der Waals surface area contributed by atoms with Gasteiger partial charge in [0.05, 0.1) is 17.8 Å². The summed E-state index contributed by atoms with van der Waals surface area (Å²) in [6, 6.07) is 23.1. The number of carbonyl (C=O) groups is 1. The maximum absolute atomic E-state index is 13.2. The Kier molecular flexibility index (Phi) is 5.89. The Morgan fingerprint density at radius 2 is 1.66 bits per heavy atom. The lowest BCUT2D eigenvalue weighted by atomic mass is 10.0. The minimum absolute atomic E-state index is 0.0445. The summed E-state index contributed by atoms with van der Waals surface area (Å²) in [6.07, 6.45) is 6.78. The van der Waals surface area contributed by atoms with Crippen molar-refractivity contribution < 1.29 is 9.53 Å². The Balaban J connectivity index is 1.55. The average Bonchev–Trinajstić information content (AvgIpc) is 3.28. The highest BCUT2D eigenvalue weighted by atomic mass is 16.5. The molecule has 4 nitrogen and oxygen atoms in total. The van der Waals surface area contributed by atoms with Crippen molar-refractivity contribution in [3.8, 4) is 5.75 Å². The van der Waals surface area contributed by atoms with Crippen LogP contribution < -0.4 is 4.74 Å². The maximum atomic E-state index is 13.2. The first-order chi connectivity index (χ1) is 14.2. The third-order valence-corrected chi connectivity index (χ3v) is 5.50. The van der Waals surface area contributed by atoms with Crippen LogP contribution in [0.15, 0.2) is 79.0 Å². The van der Waals surface area contributed by atoms with Gasteiger partial charge in [0.15, 0.2) is 0 Å². The van der Waals surface area contributed by atoms with Crippen LogP contribution in [0.2, 0.25) is 0 Å². The number of aromatic nitrogens is 1. The van der Waals surface area contributed by atoms with Gasteiger partial charge in [-0.25, -0.2) is 0 Å². The molecule has 1 aromatic heterocycles. The second-order valence-electron chi connectivity index (χ2n) is 7.53. The Hall–Kier alpha value is -3.14. The number of hydrogen-bond acceptors (Lipinski definition) is 3. The van der Waals surface area contributed by atoms with E-state index in [-0.39, 0.29) is 11.9 Å². The lowest BCUT2D eigenvalue weighted by molar-refractivity contribution is 0.0752. The van der Waals surface area contributed by atoms with E-state index in [9.17, 15) is 4.79 Å². The van der Waals surface area contributed by atoms with E-state index >= 15 is 0 Å². The van der Waals surface area contributed by atoms with Gasteiger partial charge in [-0.2, -0.15) is 0 Å². The molecule has 1 fully saturated rings. The molecule has 0 radical (unpaired) electrons. The predicted molar refractivity (Wildman–Crippen MR) is 114 cm³/mol. The lowest BCUT2D eigenvalue weighted by Gasteiger charge is -2.28. The summed E-state index contributed by atoms with van der Waals surface area (Å²) >= 11 is 0. The molecule has 0 N–H and O–H groups in total. The van der Waals surface area contributed by atoms with Gasteiger partial charge in [-0.3, -0.25) is 9.78 Å². The summed E-state index contributed by atoms with van der Waals surface area (Å²) in [5.74, 6) is 0.789. The van der Waals surface area contributed by atoms with Crippen molar-refractivity contribution in [3.05, 3.63) is 95.8 Å². The van der Waals surface area contributed by atoms with E-state index in [4.69, 9.17) is 4.74 Å². The Labute approximate surface area is 172 Å². The van der Waals surface area contributed by atoms with Crippen LogP contribution in [0.25, 0.3) is 0 Å². The molecule has 2 aromatic carbocycles. The number of amides is 1. The molecule has 148 valence electrons. The number of nitrogens with zero attached hydrogens (tertiary/aromatic N) is 2. The molecule has 3 aromatic rings. The van der Waals surface area contributed by atoms with Crippen LogP contribution in [-0.2, 0) is 0 Å². The molecule has 29 heavy (non-hydrogen) atoms. The van der Waals surface area contributed by atoms with E-state index in [0.717, 1.165) is 29.8 Å². The normalized spacial score (nSPS) is 15.1. The van der Waals surface area contributed by atoms with Crippen LogP contribution in [0, 0.1) is 0 Å². The molecule has 1 atom stereocenters. The van der Waals surface area contributed by atoms with Crippen LogP contribution in [-0.4, -0.2) is 28.9 Å². The summed E-state index contributed by atoms with van der Waals surface area (Å²) in [5, 5.41) is 0. The van der Waals surface area contributed by atoms with Gasteiger partial charge in [-0.1, -0.05) is 36.4 Å². The van der Waals surface area contributed by atoms with E-state index in [2.05, 4.69) is 4.98 Å². The average molecular weight is 386 g/mol. The van der Waals surface area contributed by atoms with Gasteiger partial charge in [-0.15, -0.1) is 0 Å². The van der Waals surface area contributed by atoms with E-state index < -0.39 is 0 Å². The van der Waals surface area contributed by atoms with Crippen molar-refractivity contribution in [3.63, 3.8) is 0 Å². The summed E-state index contributed by atoms with van der Waals surface area (Å²) in [4.78, 5) is 19.5. The fourth-order valence-corrected chi connectivity index (χ4v) is 3.96. The fourth-order valence-electron chi connectivity index (χ4n) is 3.96. The molecular formula is C25H26N2O2. The molecule has 1 heterocycles. The number of benzene rings is 2. The second kappa shape index (κ2) is 8.91. The Morgan fingerprint density at radius 3 is 2.31 bits per heavy atom. The van der Waals surface area contributed by atoms with E-state index in [0.29, 0.717) is 11.7 Å². The van der Waals surface area contributed by atoms with Crippen LogP contribution in [0.4, 0.5) is 0 Å². The zero-order chi connectivity index (χ0) is 20.1. The van der Waals surface area contributed by atoms with Crippen molar-refractivity contribution >= 4 is 5.91 Å². The predicted octanol–water partition coefficient (Wildman–Crippen LogP) is 5.26. The van der Waals surface area contributed by atoms with Crippen molar-refractivity contribution in [1.82, 2.24) is 9.88 Å². The van der Waals surface area contributed by atoms with Gasteiger partial charge in [0.1, 0.15) is 5.75 Å². The van der Waals surface area contributed by atoms with Crippen LogP contribution in [0.5, 0.6) is 5.75 Å². The molecule has 1 saturated carbocycles. The van der Waals surface area contributed by atoms with Gasteiger partial charge in [0.25, 0.3) is 5.91 Å². The molecule has 0 spiro atoms. The number of pyridine rings is 1. The summed E-state index contributed by atoms with van der Waals surface area (Å²) < 4.78 is 6.02. The summed E-state index contributed by atoms with van der Waals surface area (Å²) in [5.41, 5.74) is 2.52. The largest absolute Gasteiger partial charge is 0.490 e. The summed E-state index contributed by atoms with van der Waals surface area (Å²) in [6.45, 7) is 0. The Bertz CT molecular complexity index is 881. The lowest BCUT2D eigenvalue weighted by Crippen LogP contribution is -2.32. The highest BCUT2D eigenvalue weighted by Crippen LogP contribution is 2.28. The topological polar surface area (TPSA) is 42.4 Å². The third kappa shape index (κ3) is 4.48. The molecule has 1 aliphatic rings. The highest BCUT2D eigenvalue weighted by Gasteiger charge is 2.25. The summed E-state index contributed by atoms with van der Waals surface area (Å²) in [7, 11) is 1.83. The first kappa shape index (κ1) is 19.2. The van der Waals surface area contributed by atoms with Gasteiger partial charge < -0.3 is 9.64 Å². The van der Waals surface area contributed by atoms with Crippen LogP contribution in [0.1, 0.15) is 53.3 Å². The van der Waals surface area contributed by atoms with Crippen molar-refractivity contribution in [2.24, 2.45) is 0 Å². The first-order valence-electron chi connectivity index (χ1n) is 10.2. The third-order valence-electron chi connectivity index (χ3n) is 5.50. The van der Waals surface area contributed by atoms with Gasteiger partial charge in [-0.05, 0) is 67.6 Å². The minimum Gasteiger partial charge on any atom is -0.490 e. The van der Waals surface area contributed by atoms with Crippen molar-refractivity contribution in [2.45, 2.75) is 37.8 Å². The number of carbonyl (C=O) groups excluding carboxylic acids is 1. The Morgan fingerprint density at radius 1 is 0.966 bits per heavy atom. The van der Waals surface area contributed by atoms with E-state index in [1.165, 1.54) is 12.8 Å². The van der Waals surface area contributed by atoms with Crippen LogP contribution >= 0.6 is 0 Å². The fraction of sp³-hybridized carbons (Fsp3) is 0.280. The smallest absolute Gasteiger partial charge is 0.254 e. The number of rotatable bonds is 6. The molecule has 1 unspecified atom stereocenters. The van der Waals surface area contributed by atoms with Gasteiger partial charge >= 0.3 is 0 Å². The van der Waals surface area contributed by atoms with E-state index in [1.807, 2.05) is 79.8 Å². The number of hydrogen-bond donors (Lipinski definition) is 0. The molecular weight excluding hydrogens is 360 g/mol. The van der Waals surface area contributed by atoms with E-state index in [1.54, 1.807) is 11.1 Å². The molecule has 4 heteroatoms. The molecule has 4 rings (SSSR count). The zero-order valence-electron chi connectivity index (χ0n) is 16.7. The van der Waals surface area contributed by atoms with Crippen LogP contribution in [0.3, 0.4) is 0 Å². The zero-order valence-corrected chi connectivity index (χ0v) is 16.7. The monoisotopic (exact) mass is 386 g/mol. The number of ether oxygens (including phenoxy) is 1. The first-order valence-corrected chi connectivity index (χ1v) is 10.2. The second-order valence-corrected chi connectivity index (χ2v) is 7.53. The molecule has 0 aliphatic heterocycles. The molecule has 0 saturated heterocycles. The van der Waals surface area contributed by atoms with Crippen molar-refractivity contribution in [2.75, 3.05) is 7.05 Å².